The van der Waals surface area contributed by atoms with E-state index in [-0.39, 0.29) is 39.6 Å². The molecule has 178 valence electrons. The number of nitrogens with one attached hydrogen (secondary N) is 3. The number of fused-ring (bicyclic) bond motifs is 2. The Morgan fingerprint density at radius 3 is 2.17 bits per heavy atom. The van der Waals surface area contributed by atoms with E-state index < -0.39 is 24.5 Å². The first-order valence-electron chi connectivity index (χ1n) is 11.1. The molecule has 0 saturated carbocycles. The lowest BCUT2D eigenvalue weighted by atomic mass is 9.83. The molecule has 1 aliphatic carbocycles. The van der Waals surface area contributed by atoms with Crippen LogP contribution in [0.1, 0.15) is 42.2 Å². The SMILES string of the molecule is O=C(N[C@@H](CO)C(=O)Nc1cc(-c2ccccc2)[nH]n1)c1ccc2c(c1)C(=O)c1ccccc1C2=O. The second-order valence-corrected chi connectivity index (χ2v) is 8.19. The van der Waals surface area contributed by atoms with Crippen LogP contribution in [0.3, 0.4) is 0 Å². The fourth-order valence-corrected chi connectivity index (χ4v) is 4.04. The largest absolute Gasteiger partial charge is 0.394 e. The standard InChI is InChI=1S/C27H20N4O5/c32-14-22(27(36)29-23-13-21(30-31-23)15-6-2-1-3-7-15)28-26(35)16-10-11-19-20(12-16)25(34)18-9-5-4-8-17(18)24(19)33/h1-13,22,32H,14H2,(H,28,35)(H2,29,30,31,36)/t22-/m0/s1. The third kappa shape index (κ3) is 4.19. The molecule has 0 unspecified atom stereocenters. The van der Waals surface area contributed by atoms with E-state index in [1.807, 2.05) is 30.3 Å². The molecule has 4 aromatic rings. The highest BCUT2D eigenvalue weighted by Gasteiger charge is 2.30. The molecule has 0 fully saturated rings. The number of aliphatic hydroxyl groups excluding tert-OH is 1. The van der Waals surface area contributed by atoms with Crippen LogP contribution in [0, 0.1) is 0 Å². The molecule has 1 atom stereocenters. The zero-order chi connectivity index (χ0) is 25.2. The highest BCUT2D eigenvalue weighted by Crippen LogP contribution is 2.28. The van der Waals surface area contributed by atoms with Crippen molar-refractivity contribution >= 4 is 29.2 Å². The Balaban J connectivity index is 1.30. The minimum Gasteiger partial charge on any atom is -0.394 e. The number of aliphatic hydroxyl groups is 1. The average molecular weight is 480 g/mol. The monoisotopic (exact) mass is 480 g/mol. The van der Waals surface area contributed by atoms with Crippen molar-refractivity contribution in [3.05, 3.63) is 107 Å². The van der Waals surface area contributed by atoms with Crippen LogP contribution < -0.4 is 10.6 Å². The summed E-state index contributed by atoms with van der Waals surface area (Å²) in [4.78, 5) is 51.2. The summed E-state index contributed by atoms with van der Waals surface area (Å²) in [5, 5.41) is 21.6. The van der Waals surface area contributed by atoms with Gasteiger partial charge < -0.3 is 15.7 Å². The number of nitrogens with zero attached hydrogens (tertiary/aromatic N) is 1. The van der Waals surface area contributed by atoms with Gasteiger partial charge in [0.2, 0.25) is 0 Å². The van der Waals surface area contributed by atoms with Gasteiger partial charge >= 0.3 is 0 Å². The first kappa shape index (κ1) is 22.9. The number of ketones is 2. The van der Waals surface area contributed by atoms with Gasteiger partial charge in [-0.2, -0.15) is 5.10 Å². The van der Waals surface area contributed by atoms with Crippen molar-refractivity contribution in [2.24, 2.45) is 0 Å². The predicted octanol–water partition coefficient (Wildman–Crippen LogP) is 2.58. The molecule has 5 rings (SSSR count). The summed E-state index contributed by atoms with van der Waals surface area (Å²) in [5.74, 6) is -1.79. The second kappa shape index (κ2) is 9.40. The van der Waals surface area contributed by atoms with E-state index >= 15 is 0 Å². The number of hydrogen-bond donors (Lipinski definition) is 4. The van der Waals surface area contributed by atoms with Crippen molar-refractivity contribution < 1.29 is 24.3 Å². The van der Waals surface area contributed by atoms with Gasteiger partial charge in [0, 0.05) is 33.9 Å². The zero-order valence-electron chi connectivity index (χ0n) is 18.8. The number of aromatic nitrogens is 2. The molecule has 0 saturated heterocycles. The van der Waals surface area contributed by atoms with Gasteiger partial charge in [0.25, 0.3) is 11.8 Å². The number of carbonyl (C=O) groups is 4. The number of carbonyl (C=O) groups excluding carboxylic acids is 4. The predicted molar refractivity (Wildman–Crippen MR) is 131 cm³/mol. The van der Waals surface area contributed by atoms with E-state index in [0.717, 1.165) is 5.56 Å². The first-order chi connectivity index (χ1) is 17.5. The summed E-state index contributed by atoms with van der Waals surface area (Å²) >= 11 is 0. The molecule has 9 nitrogen and oxygen atoms in total. The lowest BCUT2D eigenvalue weighted by Gasteiger charge is -2.19. The van der Waals surface area contributed by atoms with Gasteiger partial charge in [0.15, 0.2) is 17.4 Å². The Hall–Kier alpha value is -4.89. The summed E-state index contributed by atoms with van der Waals surface area (Å²) in [6, 6.07) is 20.4. The lowest BCUT2D eigenvalue weighted by molar-refractivity contribution is -0.118. The highest BCUT2D eigenvalue weighted by molar-refractivity contribution is 6.28. The molecule has 1 aliphatic rings. The van der Waals surface area contributed by atoms with Gasteiger partial charge in [-0.05, 0) is 23.8 Å². The molecule has 9 heteroatoms. The van der Waals surface area contributed by atoms with Crippen molar-refractivity contribution in [3.63, 3.8) is 0 Å². The molecular formula is C27H20N4O5. The molecule has 1 heterocycles. The topological polar surface area (TPSA) is 141 Å². The van der Waals surface area contributed by atoms with Crippen molar-refractivity contribution in [2.45, 2.75) is 6.04 Å². The van der Waals surface area contributed by atoms with Gasteiger partial charge in [0.05, 0.1) is 12.3 Å². The number of rotatable bonds is 6. The molecule has 1 aromatic heterocycles. The van der Waals surface area contributed by atoms with Gasteiger partial charge in [-0.15, -0.1) is 0 Å². The summed E-state index contributed by atoms with van der Waals surface area (Å²) < 4.78 is 0. The molecule has 0 bridgehead atoms. The van der Waals surface area contributed by atoms with E-state index in [0.29, 0.717) is 11.3 Å². The molecule has 4 N–H and O–H groups in total. The Morgan fingerprint density at radius 2 is 1.47 bits per heavy atom. The molecule has 0 radical (unpaired) electrons. The van der Waals surface area contributed by atoms with Crippen LogP contribution in [0.2, 0.25) is 0 Å². The van der Waals surface area contributed by atoms with Gasteiger partial charge in [0.1, 0.15) is 6.04 Å². The Kier molecular flexibility index (Phi) is 5.97. The second-order valence-electron chi connectivity index (χ2n) is 8.19. The molecule has 0 spiro atoms. The van der Waals surface area contributed by atoms with Crippen molar-refractivity contribution in [2.75, 3.05) is 11.9 Å². The van der Waals surface area contributed by atoms with Gasteiger partial charge in [-0.1, -0.05) is 54.6 Å². The molecular weight excluding hydrogens is 460 g/mol. The molecule has 2 amide bonds. The van der Waals surface area contributed by atoms with Crippen LogP contribution in [0.5, 0.6) is 0 Å². The van der Waals surface area contributed by atoms with E-state index in [2.05, 4.69) is 20.8 Å². The van der Waals surface area contributed by atoms with E-state index in [4.69, 9.17) is 0 Å². The maximum absolute atomic E-state index is 12.9. The maximum atomic E-state index is 12.9. The van der Waals surface area contributed by atoms with Crippen molar-refractivity contribution in [1.82, 2.24) is 15.5 Å². The van der Waals surface area contributed by atoms with E-state index in [1.54, 1.807) is 30.3 Å². The zero-order valence-corrected chi connectivity index (χ0v) is 18.8. The minimum absolute atomic E-state index is 0.0756. The summed E-state index contributed by atoms with van der Waals surface area (Å²) in [6.45, 7) is -0.663. The summed E-state index contributed by atoms with van der Waals surface area (Å²) in [7, 11) is 0. The van der Waals surface area contributed by atoms with E-state index in [9.17, 15) is 24.3 Å². The third-order valence-electron chi connectivity index (χ3n) is 5.91. The number of benzene rings is 3. The number of anilines is 1. The third-order valence-corrected chi connectivity index (χ3v) is 5.91. The van der Waals surface area contributed by atoms with Crippen molar-refractivity contribution in [1.29, 1.82) is 0 Å². The normalized spacial score (nSPS) is 12.9. The van der Waals surface area contributed by atoms with Crippen LogP contribution in [0.4, 0.5) is 5.82 Å². The first-order valence-corrected chi connectivity index (χ1v) is 11.1. The minimum atomic E-state index is -1.27. The number of H-pyrrole nitrogens is 1. The number of amides is 2. The number of aromatic amines is 1. The van der Waals surface area contributed by atoms with Gasteiger partial charge in [-0.25, -0.2) is 0 Å². The summed E-state index contributed by atoms with van der Waals surface area (Å²) in [6.07, 6.45) is 0. The highest BCUT2D eigenvalue weighted by atomic mass is 16.3. The van der Waals surface area contributed by atoms with Crippen LogP contribution in [0.25, 0.3) is 11.3 Å². The Labute approximate surface area is 205 Å². The molecule has 3 aromatic carbocycles. The van der Waals surface area contributed by atoms with Crippen LogP contribution in [0.15, 0.2) is 78.9 Å². The average Bonchev–Trinajstić information content (AvgIpc) is 3.38. The van der Waals surface area contributed by atoms with Crippen LogP contribution in [-0.2, 0) is 4.79 Å². The lowest BCUT2D eigenvalue weighted by Crippen LogP contribution is -2.46. The summed E-state index contributed by atoms with van der Waals surface area (Å²) in [5.41, 5.74) is 2.55. The molecule has 0 aliphatic heterocycles. The van der Waals surface area contributed by atoms with Crippen LogP contribution in [-0.4, -0.2) is 51.3 Å². The smallest absolute Gasteiger partial charge is 0.252 e. The maximum Gasteiger partial charge on any atom is 0.252 e. The Morgan fingerprint density at radius 1 is 0.833 bits per heavy atom. The Bertz CT molecular complexity index is 1510. The van der Waals surface area contributed by atoms with Crippen molar-refractivity contribution in [3.8, 4) is 11.3 Å². The van der Waals surface area contributed by atoms with E-state index in [1.165, 1.54) is 18.2 Å². The van der Waals surface area contributed by atoms with Crippen LogP contribution >= 0.6 is 0 Å². The number of hydrogen-bond acceptors (Lipinski definition) is 6. The quantitative estimate of drug-likeness (QED) is 0.294. The fourth-order valence-electron chi connectivity index (χ4n) is 4.04. The molecule has 36 heavy (non-hydrogen) atoms. The van der Waals surface area contributed by atoms with Gasteiger partial charge in [-0.3, -0.25) is 24.3 Å². The fraction of sp³-hybridized carbons (Fsp3) is 0.0741.